The van der Waals surface area contributed by atoms with E-state index in [4.69, 9.17) is 10.5 Å². The van der Waals surface area contributed by atoms with Crippen molar-refractivity contribution in [3.8, 4) is 5.75 Å². The zero-order chi connectivity index (χ0) is 15.2. The lowest BCUT2D eigenvalue weighted by Crippen LogP contribution is -2.52. The number of carbonyl (C=O) groups is 1. The second-order valence-electron chi connectivity index (χ2n) is 5.33. The molecule has 1 rings (SSSR count). The fourth-order valence-electron chi connectivity index (χ4n) is 2.27. The van der Waals surface area contributed by atoms with Gasteiger partial charge in [-0.2, -0.15) is 0 Å². The molecule has 0 heterocycles. The van der Waals surface area contributed by atoms with Crippen LogP contribution in [0.4, 0.5) is 0 Å². The summed E-state index contributed by atoms with van der Waals surface area (Å²) in [5, 5.41) is 0. The number of rotatable bonds is 7. The van der Waals surface area contributed by atoms with Crippen LogP contribution in [0, 0.1) is 0 Å². The summed E-state index contributed by atoms with van der Waals surface area (Å²) < 4.78 is 5.13. The van der Waals surface area contributed by atoms with Gasteiger partial charge in [-0.1, -0.05) is 25.5 Å². The molecule has 0 aliphatic carbocycles. The topological polar surface area (TPSA) is 55.6 Å². The van der Waals surface area contributed by atoms with Gasteiger partial charge in [-0.15, -0.1) is 0 Å². The Balaban J connectivity index is 2.77. The maximum atomic E-state index is 12.5. The number of benzene rings is 1. The van der Waals surface area contributed by atoms with Gasteiger partial charge in [0.2, 0.25) is 5.91 Å². The van der Waals surface area contributed by atoms with E-state index in [0.717, 1.165) is 17.7 Å². The molecule has 1 amide bonds. The summed E-state index contributed by atoms with van der Waals surface area (Å²) in [5.41, 5.74) is 6.43. The minimum Gasteiger partial charge on any atom is -0.497 e. The molecule has 4 heteroatoms. The van der Waals surface area contributed by atoms with Crippen molar-refractivity contribution in [1.29, 1.82) is 0 Å². The summed E-state index contributed by atoms with van der Waals surface area (Å²) in [7, 11) is 1.64. The van der Waals surface area contributed by atoms with E-state index >= 15 is 0 Å². The summed E-state index contributed by atoms with van der Waals surface area (Å²) in [6, 6.07) is 7.76. The van der Waals surface area contributed by atoms with Crippen LogP contribution in [-0.2, 0) is 11.3 Å². The molecule has 0 saturated carbocycles. The zero-order valence-electron chi connectivity index (χ0n) is 13.0. The van der Waals surface area contributed by atoms with Crippen LogP contribution in [0.5, 0.6) is 5.75 Å². The van der Waals surface area contributed by atoms with Crippen molar-refractivity contribution in [2.75, 3.05) is 13.7 Å². The molecule has 0 bridgehead atoms. The zero-order valence-corrected chi connectivity index (χ0v) is 13.0. The molecule has 0 aliphatic rings. The molecular formula is C16H26N2O2. The lowest BCUT2D eigenvalue weighted by molar-refractivity contribution is -0.137. The van der Waals surface area contributed by atoms with E-state index in [2.05, 4.69) is 0 Å². The maximum Gasteiger partial charge on any atom is 0.242 e. The van der Waals surface area contributed by atoms with Crippen molar-refractivity contribution in [1.82, 2.24) is 4.90 Å². The van der Waals surface area contributed by atoms with E-state index in [1.54, 1.807) is 12.0 Å². The number of amides is 1. The van der Waals surface area contributed by atoms with Crippen LogP contribution >= 0.6 is 0 Å². The van der Waals surface area contributed by atoms with Crippen LogP contribution in [0.15, 0.2) is 24.3 Å². The first-order valence-corrected chi connectivity index (χ1v) is 7.15. The van der Waals surface area contributed by atoms with Gasteiger partial charge >= 0.3 is 0 Å². The fraction of sp³-hybridized carbons (Fsp3) is 0.562. The Bertz CT molecular complexity index is 427. The Hall–Kier alpha value is -1.55. The third-order valence-corrected chi connectivity index (χ3v) is 3.46. The van der Waals surface area contributed by atoms with E-state index in [-0.39, 0.29) is 5.91 Å². The fourth-order valence-corrected chi connectivity index (χ4v) is 2.27. The average molecular weight is 278 g/mol. The smallest absolute Gasteiger partial charge is 0.242 e. The lowest BCUT2D eigenvalue weighted by atomic mass is 9.95. The third-order valence-electron chi connectivity index (χ3n) is 3.46. The number of nitrogens with zero attached hydrogens (tertiary/aromatic N) is 1. The Morgan fingerprint density at radius 3 is 2.35 bits per heavy atom. The van der Waals surface area contributed by atoms with Crippen LogP contribution in [-0.4, -0.2) is 30.0 Å². The second kappa shape index (κ2) is 7.29. The summed E-state index contributed by atoms with van der Waals surface area (Å²) in [6.07, 6.45) is 1.60. The Kier molecular flexibility index (Phi) is 6.02. The van der Waals surface area contributed by atoms with E-state index in [1.165, 1.54) is 0 Å². The number of likely N-dealkylation sites (N-methyl/N-ethyl adjacent to an activating group) is 1. The first kappa shape index (κ1) is 16.5. The SMILES string of the molecule is CCCC(C)(N)C(=O)N(CC)Cc1ccc(OC)cc1. The summed E-state index contributed by atoms with van der Waals surface area (Å²) in [6.45, 7) is 7.06. The molecule has 0 saturated heterocycles. The van der Waals surface area contributed by atoms with Crippen molar-refractivity contribution in [2.24, 2.45) is 5.73 Å². The van der Waals surface area contributed by atoms with Crippen LogP contribution in [0.3, 0.4) is 0 Å². The average Bonchev–Trinajstić information content (AvgIpc) is 2.44. The number of hydrogen-bond donors (Lipinski definition) is 1. The van der Waals surface area contributed by atoms with Gasteiger partial charge in [-0.05, 0) is 38.0 Å². The second-order valence-corrected chi connectivity index (χ2v) is 5.33. The van der Waals surface area contributed by atoms with Gasteiger partial charge in [0.1, 0.15) is 5.75 Å². The van der Waals surface area contributed by atoms with Crippen LogP contribution in [0.2, 0.25) is 0 Å². The van der Waals surface area contributed by atoms with Gasteiger partial charge in [-0.3, -0.25) is 4.79 Å². The highest BCUT2D eigenvalue weighted by Gasteiger charge is 2.31. The van der Waals surface area contributed by atoms with Crippen molar-refractivity contribution in [3.05, 3.63) is 29.8 Å². The van der Waals surface area contributed by atoms with Gasteiger partial charge in [0.15, 0.2) is 0 Å². The minimum absolute atomic E-state index is 0.0117. The highest BCUT2D eigenvalue weighted by atomic mass is 16.5. The molecule has 1 unspecified atom stereocenters. The first-order chi connectivity index (χ1) is 9.44. The summed E-state index contributed by atoms with van der Waals surface area (Å²) >= 11 is 0. The molecule has 4 nitrogen and oxygen atoms in total. The summed E-state index contributed by atoms with van der Waals surface area (Å²) in [5.74, 6) is 0.829. The van der Waals surface area contributed by atoms with E-state index in [0.29, 0.717) is 19.5 Å². The van der Waals surface area contributed by atoms with Gasteiger partial charge in [0.05, 0.1) is 12.6 Å². The van der Waals surface area contributed by atoms with Crippen LogP contribution in [0.25, 0.3) is 0 Å². The van der Waals surface area contributed by atoms with E-state index in [9.17, 15) is 4.79 Å². The molecule has 1 aromatic carbocycles. The minimum atomic E-state index is -0.781. The predicted octanol–water partition coefficient (Wildman–Crippen LogP) is 2.56. The van der Waals surface area contributed by atoms with Crippen molar-refractivity contribution in [2.45, 2.75) is 45.7 Å². The third kappa shape index (κ3) is 4.23. The quantitative estimate of drug-likeness (QED) is 0.834. The van der Waals surface area contributed by atoms with Crippen LogP contribution in [0.1, 0.15) is 39.2 Å². The Morgan fingerprint density at radius 2 is 1.90 bits per heavy atom. The standard InChI is InChI=1S/C16H26N2O2/c1-5-11-16(3,17)15(19)18(6-2)12-13-7-9-14(20-4)10-8-13/h7-10H,5-6,11-12,17H2,1-4H3. The Morgan fingerprint density at radius 1 is 1.30 bits per heavy atom. The van der Waals surface area contributed by atoms with Gasteiger partial charge in [-0.25, -0.2) is 0 Å². The first-order valence-electron chi connectivity index (χ1n) is 7.15. The van der Waals surface area contributed by atoms with Crippen molar-refractivity contribution in [3.63, 3.8) is 0 Å². The molecular weight excluding hydrogens is 252 g/mol. The normalized spacial score (nSPS) is 13.7. The molecule has 112 valence electrons. The highest BCUT2D eigenvalue weighted by Crippen LogP contribution is 2.17. The number of methoxy groups -OCH3 is 1. The van der Waals surface area contributed by atoms with Gasteiger partial charge in [0, 0.05) is 13.1 Å². The van der Waals surface area contributed by atoms with Crippen molar-refractivity contribution < 1.29 is 9.53 Å². The monoisotopic (exact) mass is 278 g/mol. The molecule has 0 aliphatic heterocycles. The van der Waals surface area contributed by atoms with Gasteiger partial charge in [0.25, 0.3) is 0 Å². The highest BCUT2D eigenvalue weighted by molar-refractivity contribution is 5.85. The Labute approximate surface area is 121 Å². The number of hydrogen-bond acceptors (Lipinski definition) is 3. The predicted molar refractivity (Wildman–Crippen MR) is 81.6 cm³/mol. The molecule has 0 radical (unpaired) electrons. The van der Waals surface area contributed by atoms with Crippen molar-refractivity contribution >= 4 is 5.91 Å². The van der Waals surface area contributed by atoms with Crippen LogP contribution < -0.4 is 10.5 Å². The number of carbonyl (C=O) groups excluding carboxylic acids is 1. The van der Waals surface area contributed by atoms with E-state index in [1.807, 2.05) is 45.0 Å². The maximum absolute atomic E-state index is 12.5. The number of nitrogens with two attached hydrogens (primary N) is 1. The molecule has 20 heavy (non-hydrogen) atoms. The molecule has 0 fully saturated rings. The summed E-state index contributed by atoms with van der Waals surface area (Å²) in [4.78, 5) is 14.3. The molecule has 0 aromatic heterocycles. The number of ether oxygens (including phenoxy) is 1. The lowest BCUT2D eigenvalue weighted by Gasteiger charge is -2.31. The molecule has 2 N–H and O–H groups in total. The van der Waals surface area contributed by atoms with E-state index < -0.39 is 5.54 Å². The molecule has 1 atom stereocenters. The largest absolute Gasteiger partial charge is 0.497 e. The van der Waals surface area contributed by atoms with Gasteiger partial charge < -0.3 is 15.4 Å². The molecule has 1 aromatic rings. The molecule has 0 spiro atoms.